The summed E-state index contributed by atoms with van der Waals surface area (Å²) in [5, 5.41) is 1.96. The Hall–Kier alpha value is -4.22. The molecule has 6 rings (SSSR count). The van der Waals surface area contributed by atoms with Crippen molar-refractivity contribution in [3.05, 3.63) is 71.1 Å². The molecule has 3 aromatic rings. The van der Waals surface area contributed by atoms with Gasteiger partial charge in [0.15, 0.2) is 17.4 Å². The first kappa shape index (κ1) is 25.1. The largest absolute Gasteiger partial charge is 0.480 e. The van der Waals surface area contributed by atoms with Crippen LogP contribution in [0.4, 0.5) is 13.2 Å². The summed E-state index contributed by atoms with van der Waals surface area (Å²) in [5.74, 6) is 2.41. The van der Waals surface area contributed by atoms with Crippen molar-refractivity contribution in [2.24, 2.45) is 9.98 Å². The number of methoxy groups -OCH3 is 1. The van der Waals surface area contributed by atoms with Gasteiger partial charge in [-0.15, -0.1) is 0 Å². The summed E-state index contributed by atoms with van der Waals surface area (Å²) in [5.41, 5.74) is 6.58. The van der Waals surface area contributed by atoms with Crippen LogP contribution in [0.15, 0.2) is 58.5 Å². The Bertz CT molecular complexity index is 1500. The van der Waals surface area contributed by atoms with Gasteiger partial charge in [-0.2, -0.15) is 13.2 Å². The highest BCUT2D eigenvalue weighted by Crippen LogP contribution is 2.42. The molecule has 12 heteroatoms. The van der Waals surface area contributed by atoms with E-state index in [1.54, 1.807) is 26.2 Å². The first-order chi connectivity index (χ1) is 18.8. The standard InChI is InChI=1S/C27H27F3N8O/c1-4-37-13-20(27(28,29)30)35-24(37)18-9-5-16(6-10-18)15(2)38-25-19(12-34-38)11-31-23(36-25)21-22(17-7-8-17)32-14-33-26(21)39-3/h5-6,9-10,12-15,17,34H,4,7-8,11H2,1-3H3/t15-/m1/s1. The van der Waals surface area contributed by atoms with Gasteiger partial charge in [-0.05, 0) is 32.3 Å². The zero-order chi connectivity index (χ0) is 27.3. The Morgan fingerprint density at radius 2 is 1.92 bits per heavy atom. The predicted molar refractivity (Wildman–Crippen MR) is 139 cm³/mol. The van der Waals surface area contributed by atoms with E-state index >= 15 is 0 Å². The molecule has 3 aliphatic rings. The van der Waals surface area contributed by atoms with E-state index < -0.39 is 11.9 Å². The van der Waals surface area contributed by atoms with Gasteiger partial charge in [0.2, 0.25) is 5.88 Å². The summed E-state index contributed by atoms with van der Waals surface area (Å²) in [6, 6.07) is 7.26. The van der Waals surface area contributed by atoms with Gasteiger partial charge in [-0.3, -0.25) is 10.0 Å². The van der Waals surface area contributed by atoms with E-state index in [-0.39, 0.29) is 11.9 Å². The molecular formula is C27H27F3N8O. The highest BCUT2D eigenvalue weighted by Gasteiger charge is 2.36. The molecule has 0 saturated heterocycles. The maximum Gasteiger partial charge on any atom is 0.434 e. The van der Waals surface area contributed by atoms with Crippen molar-refractivity contribution in [1.82, 2.24) is 30.0 Å². The van der Waals surface area contributed by atoms with E-state index in [1.807, 2.05) is 30.3 Å². The number of amidine groups is 2. The topological polar surface area (TPSA) is 92.8 Å². The highest BCUT2D eigenvalue weighted by molar-refractivity contribution is 6.15. The van der Waals surface area contributed by atoms with E-state index in [0.29, 0.717) is 36.3 Å². The molecule has 0 unspecified atom stereocenters. The van der Waals surface area contributed by atoms with Gasteiger partial charge < -0.3 is 14.7 Å². The van der Waals surface area contributed by atoms with Crippen molar-refractivity contribution >= 4 is 11.7 Å². The van der Waals surface area contributed by atoms with Crippen LogP contribution in [0.5, 0.6) is 5.88 Å². The van der Waals surface area contributed by atoms with Crippen LogP contribution in [0, 0.1) is 0 Å². The lowest BCUT2D eigenvalue weighted by atomic mass is 10.0. The molecule has 0 amide bonds. The molecule has 2 aliphatic heterocycles. The maximum absolute atomic E-state index is 13.2. The Kier molecular flexibility index (Phi) is 6.12. The van der Waals surface area contributed by atoms with E-state index in [0.717, 1.165) is 47.3 Å². The van der Waals surface area contributed by atoms with Gasteiger partial charge in [0.1, 0.15) is 17.7 Å². The molecule has 1 atom stereocenters. The van der Waals surface area contributed by atoms with Crippen molar-refractivity contribution in [1.29, 1.82) is 0 Å². The number of hydrazine groups is 1. The lowest BCUT2D eigenvalue weighted by Gasteiger charge is -2.29. The van der Waals surface area contributed by atoms with Crippen LogP contribution in [0.1, 0.15) is 61.2 Å². The Balaban J connectivity index is 1.28. The quantitative estimate of drug-likeness (QED) is 0.462. The average molecular weight is 537 g/mol. The van der Waals surface area contributed by atoms with Gasteiger partial charge >= 0.3 is 6.18 Å². The fourth-order valence-corrected chi connectivity index (χ4v) is 4.89. The molecule has 1 aromatic carbocycles. The van der Waals surface area contributed by atoms with Crippen molar-refractivity contribution in [3.8, 4) is 17.3 Å². The number of hydrogen-bond donors (Lipinski definition) is 1. The normalized spacial score (nSPS) is 17.7. The van der Waals surface area contributed by atoms with Crippen LogP contribution in [0.2, 0.25) is 0 Å². The van der Waals surface area contributed by atoms with Crippen molar-refractivity contribution in [2.75, 3.05) is 13.7 Å². The molecule has 0 radical (unpaired) electrons. The minimum absolute atomic E-state index is 0.139. The molecule has 1 fully saturated rings. The van der Waals surface area contributed by atoms with Crippen molar-refractivity contribution < 1.29 is 17.9 Å². The molecule has 0 bridgehead atoms. The molecule has 202 valence electrons. The molecule has 2 aromatic heterocycles. The summed E-state index contributed by atoms with van der Waals surface area (Å²) < 4.78 is 46.7. The van der Waals surface area contributed by atoms with Crippen LogP contribution >= 0.6 is 0 Å². The first-order valence-corrected chi connectivity index (χ1v) is 12.8. The minimum atomic E-state index is -4.49. The Morgan fingerprint density at radius 1 is 1.15 bits per heavy atom. The van der Waals surface area contributed by atoms with Gasteiger partial charge in [0.05, 0.1) is 25.4 Å². The fourth-order valence-electron chi connectivity index (χ4n) is 4.89. The SMILES string of the molecule is CCn1cc(C(F)(F)F)nc1-c1ccc([C@@H](C)N2NC=C3CN=C(c4c(OC)ncnc4C4CC4)N=C32)cc1. The number of hydrogen-bond acceptors (Lipinski definition) is 8. The van der Waals surface area contributed by atoms with E-state index in [1.165, 1.54) is 10.9 Å². The smallest absolute Gasteiger partial charge is 0.434 e. The minimum Gasteiger partial charge on any atom is -0.480 e. The molecule has 4 heterocycles. The predicted octanol–water partition coefficient (Wildman–Crippen LogP) is 4.89. The number of halogens is 3. The lowest BCUT2D eigenvalue weighted by Crippen LogP contribution is -2.39. The third-order valence-electron chi connectivity index (χ3n) is 7.17. The zero-order valence-electron chi connectivity index (χ0n) is 21.7. The van der Waals surface area contributed by atoms with Gasteiger partial charge in [-0.25, -0.2) is 19.9 Å². The fraction of sp³-hybridized carbons (Fsp3) is 0.370. The summed E-state index contributed by atoms with van der Waals surface area (Å²) in [4.78, 5) is 22.3. The van der Waals surface area contributed by atoms with Crippen LogP contribution in [0.25, 0.3) is 11.4 Å². The van der Waals surface area contributed by atoms with E-state index in [9.17, 15) is 13.2 Å². The van der Waals surface area contributed by atoms with Crippen LogP contribution in [-0.4, -0.2) is 49.9 Å². The number of alkyl halides is 3. The number of benzene rings is 1. The maximum atomic E-state index is 13.2. The number of nitrogens with one attached hydrogen (secondary N) is 1. The monoisotopic (exact) mass is 536 g/mol. The molecular weight excluding hydrogens is 509 g/mol. The summed E-state index contributed by atoms with van der Waals surface area (Å²) >= 11 is 0. The van der Waals surface area contributed by atoms with Gasteiger partial charge in [0.25, 0.3) is 0 Å². The molecule has 39 heavy (non-hydrogen) atoms. The van der Waals surface area contributed by atoms with E-state index in [2.05, 4.69) is 20.4 Å². The molecule has 9 nitrogen and oxygen atoms in total. The second kappa shape index (κ2) is 9.51. The number of imidazole rings is 1. The molecule has 1 N–H and O–H groups in total. The number of aryl methyl sites for hydroxylation is 1. The number of rotatable bonds is 7. The highest BCUT2D eigenvalue weighted by atomic mass is 19.4. The molecule has 1 saturated carbocycles. The third kappa shape index (κ3) is 4.53. The summed E-state index contributed by atoms with van der Waals surface area (Å²) in [7, 11) is 1.58. The number of aromatic nitrogens is 4. The second-order valence-electron chi connectivity index (χ2n) is 9.69. The average Bonchev–Trinajstić information content (AvgIpc) is 3.55. The number of aliphatic imine (C=N–C) groups is 2. The number of ether oxygens (including phenoxy) is 1. The first-order valence-electron chi connectivity index (χ1n) is 12.8. The van der Waals surface area contributed by atoms with E-state index in [4.69, 9.17) is 14.7 Å². The van der Waals surface area contributed by atoms with Crippen molar-refractivity contribution in [3.63, 3.8) is 0 Å². The summed E-state index contributed by atoms with van der Waals surface area (Å²) in [6.45, 7) is 4.65. The van der Waals surface area contributed by atoms with Gasteiger partial charge in [0, 0.05) is 36.0 Å². The Labute approximate surface area is 223 Å². The van der Waals surface area contributed by atoms with Crippen LogP contribution < -0.4 is 10.2 Å². The number of fused-ring (bicyclic) bond motifs is 1. The van der Waals surface area contributed by atoms with Crippen LogP contribution in [0.3, 0.4) is 0 Å². The van der Waals surface area contributed by atoms with Gasteiger partial charge in [-0.1, -0.05) is 24.3 Å². The third-order valence-corrected chi connectivity index (χ3v) is 7.17. The zero-order valence-corrected chi connectivity index (χ0v) is 21.7. The van der Waals surface area contributed by atoms with Crippen molar-refractivity contribution in [2.45, 2.75) is 51.4 Å². The number of nitrogens with zero attached hydrogens (tertiary/aromatic N) is 7. The van der Waals surface area contributed by atoms with Crippen LogP contribution in [-0.2, 0) is 12.7 Å². The lowest BCUT2D eigenvalue weighted by molar-refractivity contribution is -0.140. The summed E-state index contributed by atoms with van der Waals surface area (Å²) in [6.07, 6.45) is 2.10. The second-order valence-corrected chi connectivity index (χ2v) is 9.69. The Morgan fingerprint density at radius 3 is 2.59 bits per heavy atom. The molecule has 1 aliphatic carbocycles. The molecule has 0 spiro atoms.